The van der Waals surface area contributed by atoms with Crippen LogP contribution in [0, 0.1) is 0 Å². The molecule has 0 aromatic rings. The first-order chi connectivity index (χ1) is 8.13. The van der Waals surface area contributed by atoms with Crippen molar-refractivity contribution in [3.63, 3.8) is 0 Å². The molecular weight excluding hydrogens is 232 g/mol. The summed E-state index contributed by atoms with van der Waals surface area (Å²) in [5, 5.41) is 6.17. The number of rotatable bonds is 7. The molecule has 17 heavy (non-hydrogen) atoms. The molecule has 0 aromatic heterocycles. The van der Waals surface area contributed by atoms with Crippen LogP contribution >= 0.6 is 11.8 Å². The van der Waals surface area contributed by atoms with E-state index >= 15 is 0 Å². The Morgan fingerprint density at radius 1 is 1.53 bits per heavy atom. The van der Waals surface area contributed by atoms with Crippen LogP contribution in [0.3, 0.4) is 0 Å². The highest BCUT2D eigenvalue weighted by atomic mass is 32.2. The molecule has 0 heterocycles. The summed E-state index contributed by atoms with van der Waals surface area (Å²) in [6.45, 7) is 6.97. The zero-order valence-corrected chi connectivity index (χ0v) is 11.7. The summed E-state index contributed by atoms with van der Waals surface area (Å²) in [6, 6.07) is -0.125. The van der Waals surface area contributed by atoms with Crippen molar-refractivity contribution >= 4 is 17.7 Å². The molecule has 2 N–H and O–H groups in total. The lowest BCUT2D eigenvalue weighted by Crippen LogP contribution is -2.47. The van der Waals surface area contributed by atoms with Gasteiger partial charge in [0.25, 0.3) is 0 Å². The van der Waals surface area contributed by atoms with Gasteiger partial charge in [-0.3, -0.25) is 4.79 Å². The standard InChI is InChI=1S/C13H24N2OS/c1-4-9-14-12(16)11(2)15-10-13(17-3)7-5-6-8-13/h4,11,15H,1,5-10H2,2-3H3,(H,14,16). The molecule has 3 nitrogen and oxygen atoms in total. The normalized spacial score (nSPS) is 19.9. The largest absolute Gasteiger partial charge is 0.351 e. The summed E-state index contributed by atoms with van der Waals surface area (Å²) in [5.41, 5.74) is 0. The number of thioether (sulfide) groups is 1. The molecule has 0 radical (unpaired) electrons. The van der Waals surface area contributed by atoms with E-state index in [4.69, 9.17) is 0 Å². The lowest BCUT2D eigenvalue weighted by atomic mass is 10.1. The van der Waals surface area contributed by atoms with Crippen molar-refractivity contribution in [1.29, 1.82) is 0 Å². The molecule has 1 rings (SSSR count). The van der Waals surface area contributed by atoms with Crippen LogP contribution in [-0.2, 0) is 4.79 Å². The van der Waals surface area contributed by atoms with Crippen molar-refractivity contribution in [2.75, 3.05) is 19.3 Å². The van der Waals surface area contributed by atoms with E-state index in [2.05, 4.69) is 23.5 Å². The first-order valence-corrected chi connectivity index (χ1v) is 7.53. The lowest BCUT2D eigenvalue weighted by molar-refractivity contribution is -0.122. The number of carbonyl (C=O) groups excluding carboxylic acids is 1. The van der Waals surface area contributed by atoms with Crippen LogP contribution < -0.4 is 10.6 Å². The third-order valence-electron chi connectivity index (χ3n) is 3.49. The summed E-state index contributed by atoms with van der Waals surface area (Å²) in [4.78, 5) is 11.7. The summed E-state index contributed by atoms with van der Waals surface area (Å²) < 4.78 is 0.354. The fourth-order valence-electron chi connectivity index (χ4n) is 2.23. The maximum atomic E-state index is 11.7. The number of hydrogen-bond donors (Lipinski definition) is 2. The van der Waals surface area contributed by atoms with Crippen molar-refractivity contribution in [2.45, 2.75) is 43.4 Å². The van der Waals surface area contributed by atoms with Crippen LogP contribution in [-0.4, -0.2) is 36.0 Å². The highest BCUT2D eigenvalue weighted by Gasteiger charge is 2.33. The molecule has 1 unspecified atom stereocenters. The smallest absolute Gasteiger partial charge is 0.237 e. The van der Waals surface area contributed by atoms with Gasteiger partial charge >= 0.3 is 0 Å². The van der Waals surface area contributed by atoms with E-state index < -0.39 is 0 Å². The highest BCUT2D eigenvalue weighted by Crippen LogP contribution is 2.39. The molecule has 0 aromatic carbocycles. The predicted molar refractivity (Wildman–Crippen MR) is 75.4 cm³/mol. The molecule has 1 saturated carbocycles. The molecule has 0 bridgehead atoms. The summed E-state index contributed by atoms with van der Waals surface area (Å²) in [6.07, 6.45) is 9.05. The van der Waals surface area contributed by atoms with Gasteiger partial charge in [0.05, 0.1) is 6.04 Å². The van der Waals surface area contributed by atoms with Gasteiger partial charge in [-0.2, -0.15) is 11.8 Å². The Morgan fingerprint density at radius 2 is 2.18 bits per heavy atom. The van der Waals surface area contributed by atoms with E-state index in [9.17, 15) is 4.79 Å². The Kier molecular flexibility index (Phi) is 6.06. The Bertz CT molecular complexity index is 262. The average Bonchev–Trinajstić information content (AvgIpc) is 2.82. The van der Waals surface area contributed by atoms with Gasteiger partial charge in [-0.05, 0) is 26.0 Å². The topological polar surface area (TPSA) is 41.1 Å². The van der Waals surface area contributed by atoms with Crippen molar-refractivity contribution in [3.8, 4) is 0 Å². The zero-order valence-electron chi connectivity index (χ0n) is 10.9. The second-order valence-corrected chi connectivity index (χ2v) is 6.00. The first kappa shape index (κ1) is 14.6. The van der Waals surface area contributed by atoms with Crippen LogP contribution in [0.15, 0.2) is 12.7 Å². The van der Waals surface area contributed by atoms with Gasteiger partial charge in [-0.1, -0.05) is 18.9 Å². The molecule has 0 spiro atoms. The Hall–Kier alpha value is -0.480. The minimum Gasteiger partial charge on any atom is -0.351 e. The second-order valence-electron chi connectivity index (χ2n) is 4.73. The molecule has 1 aliphatic rings. The predicted octanol–water partition coefficient (Wildman–Crippen LogP) is 1.94. The zero-order chi connectivity index (χ0) is 12.7. The molecule has 0 saturated heterocycles. The number of nitrogens with one attached hydrogen (secondary N) is 2. The monoisotopic (exact) mass is 256 g/mol. The molecule has 1 fully saturated rings. The minimum atomic E-state index is -0.125. The third kappa shape index (κ3) is 4.36. The van der Waals surface area contributed by atoms with E-state index in [-0.39, 0.29) is 11.9 Å². The van der Waals surface area contributed by atoms with Gasteiger partial charge in [0, 0.05) is 17.8 Å². The van der Waals surface area contributed by atoms with Gasteiger partial charge in [0.2, 0.25) is 5.91 Å². The van der Waals surface area contributed by atoms with Crippen LogP contribution in [0.5, 0.6) is 0 Å². The second kappa shape index (κ2) is 7.07. The SMILES string of the molecule is C=CCNC(=O)C(C)NCC1(SC)CCCC1. The lowest BCUT2D eigenvalue weighted by Gasteiger charge is -2.28. The van der Waals surface area contributed by atoms with E-state index in [1.807, 2.05) is 18.7 Å². The minimum absolute atomic E-state index is 0.0548. The van der Waals surface area contributed by atoms with Gasteiger partial charge in [-0.15, -0.1) is 6.58 Å². The van der Waals surface area contributed by atoms with Crippen LogP contribution in [0.4, 0.5) is 0 Å². The van der Waals surface area contributed by atoms with Gasteiger partial charge < -0.3 is 10.6 Å². The molecule has 1 aliphatic carbocycles. The molecule has 1 amide bonds. The fourth-order valence-corrected chi connectivity index (χ4v) is 3.15. The Labute approximate surface area is 109 Å². The fraction of sp³-hybridized carbons (Fsp3) is 0.769. The Morgan fingerprint density at radius 3 is 2.71 bits per heavy atom. The van der Waals surface area contributed by atoms with Crippen LogP contribution in [0.25, 0.3) is 0 Å². The average molecular weight is 256 g/mol. The summed E-state index contributed by atoms with van der Waals surface area (Å²) >= 11 is 1.94. The quantitative estimate of drug-likeness (QED) is 0.684. The highest BCUT2D eigenvalue weighted by molar-refractivity contribution is 8.00. The van der Waals surface area contributed by atoms with Gasteiger partial charge in [-0.25, -0.2) is 0 Å². The van der Waals surface area contributed by atoms with Crippen molar-refractivity contribution in [1.82, 2.24) is 10.6 Å². The molecule has 98 valence electrons. The van der Waals surface area contributed by atoms with Crippen molar-refractivity contribution < 1.29 is 4.79 Å². The molecular formula is C13H24N2OS. The third-order valence-corrected chi connectivity index (χ3v) is 4.91. The number of carbonyl (C=O) groups is 1. The summed E-state index contributed by atoms with van der Waals surface area (Å²) in [7, 11) is 0. The van der Waals surface area contributed by atoms with E-state index in [0.717, 1.165) is 6.54 Å². The first-order valence-electron chi connectivity index (χ1n) is 6.31. The Balaban J connectivity index is 2.33. The van der Waals surface area contributed by atoms with Crippen LogP contribution in [0.1, 0.15) is 32.6 Å². The number of hydrogen-bond acceptors (Lipinski definition) is 3. The van der Waals surface area contributed by atoms with Crippen molar-refractivity contribution in [3.05, 3.63) is 12.7 Å². The van der Waals surface area contributed by atoms with E-state index in [0.29, 0.717) is 11.3 Å². The number of amides is 1. The maximum Gasteiger partial charge on any atom is 0.237 e. The van der Waals surface area contributed by atoms with E-state index in [1.165, 1.54) is 25.7 Å². The molecule has 1 atom stereocenters. The maximum absolute atomic E-state index is 11.7. The van der Waals surface area contributed by atoms with Gasteiger partial charge in [0.15, 0.2) is 0 Å². The van der Waals surface area contributed by atoms with E-state index in [1.54, 1.807) is 6.08 Å². The van der Waals surface area contributed by atoms with Crippen LogP contribution in [0.2, 0.25) is 0 Å². The summed E-state index contributed by atoms with van der Waals surface area (Å²) in [5.74, 6) is 0.0548. The van der Waals surface area contributed by atoms with Gasteiger partial charge in [0.1, 0.15) is 0 Å². The molecule has 0 aliphatic heterocycles. The molecule has 4 heteroatoms. The van der Waals surface area contributed by atoms with Crippen molar-refractivity contribution in [2.24, 2.45) is 0 Å².